The van der Waals surface area contributed by atoms with E-state index in [1.54, 1.807) is 60.9 Å². The molecule has 0 saturated carbocycles. The van der Waals surface area contributed by atoms with Gasteiger partial charge in [0, 0.05) is 57.1 Å². The van der Waals surface area contributed by atoms with Crippen molar-refractivity contribution >= 4 is 78.8 Å². The summed E-state index contributed by atoms with van der Waals surface area (Å²) >= 11 is 11.9. The molecule has 2 saturated heterocycles. The first kappa shape index (κ1) is 53.7. The summed E-state index contributed by atoms with van der Waals surface area (Å²) in [5.74, 6) is -12.5. The Morgan fingerprint density at radius 1 is 0.569 bits per heavy atom. The molecule has 0 bridgehead atoms. The number of hydrogen-bond acceptors (Lipinski definition) is 10. The molecule has 2 aliphatic rings. The second-order valence-corrected chi connectivity index (χ2v) is 18.6. The van der Waals surface area contributed by atoms with Crippen LogP contribution in [0.1, 0.15) is 75.4 Å². The van der Waals surface area contributed by atoms with Crippen molar-refractivity contribution in [2.24, 2.45) is 0 Å². The van der Waals surface area contributed by atoms with Gasteiger partial charge in [-0.1, -0.05) is 62.3 Å². The third-order valence-corrected chi connectivity index (χ3v) is 13.3. The van der Waals surface area contributed by atoms with E-state index in [0.29, 0.717) is 31.9 Å². The zero-order chi connectivity index (χ0) is 49.2. The van der Waals surface area contributed by atoms with Crippen molar-refractivity contribution in [3.05, 3.63) is 154 Å². The van der Waals surface area contributed by atoms with Crippen LogP contribution in [0.2, 0.25) is 10.0 Å². The monoisotopic (exact) mass is 1030 g/mol. The highest BCUT2D eigenvalue weighted by molar-refractivity contribution is 6.31. The number of fused-ring (bicyclic) bond motifs is 4. The fourth-order valence-corrected chi connectivity index (χ4v) is 9.40. The Kier molecular flexibility index (Phi) is 16.9. The summed E-state index contributed by atoms with van der Waals surface area (Å²) in [6.07, 6.45) is 4.87. The second kappa shape index (κ2) is 22.7. The Hall–Kier alpha value is -6.14. The zero-order valence-corrected chi connectivity index (χ0v) is 39.0. The highest BCUT2D eigenvalue weighted by Crippen LogP contribution is 2.37. The van der Waals surface area contributed by atoms with Crippen molar-refractivity contribution in [1.29, 1.82) is 0 Å². The summed E-state index contributed by atoms with van der Waals surface area (Å²) in [7, 11) is 0. The normalized spacial score (nSPS) is 16.1. The number of nitrogens with one attached hydrogen (secondary N) is 2. The van der Waals surface area contributed by atoms with Gasteiger partial charge < -0.3 is 39.5 Å². The van der Waals surface area contributed by atoms with E-state index in [1.807, 2.05) is 12.1 Å². The number of halogens is 6. The summed E-state index contributed by atoms with van der Waals surface area (Å²) in [6.45, 7) is 3.60. The fourth-order valence-electron chi connectivity index (χ4n) is 9.04. The van der Waals surface area contributed by atoms with Gasteiger partial charge in [-0.05, 0) is 148 Å². The SMILES string of the molecule is C.C.O=C(N[C@H](CN1CCCC1)[C@@H](O)c1ccc2ncccc2c1)C(F)(F)c1cc2cc(Cl)ccc2o1.O=C(N[C@H](CN1CCCC1)[C@H](O)c1ccc2ncccc2c1)C(F)(F)c1cc2cc(Cl)ccc2o1. The van der Waals surface area contributed by atoms with Crippen LogP contribution in [0, 0.1) is 0 Å². The number of benzene rings is 4. The zero-order valence-electron chi connectivity index (χ0n) is 37.5. The van der Waals surface area contributed by atoms with Gasteiger partial charge in [0.2, 0.25) is 0 Å². The standard InChI is InChI=1S/2C26H24ClF2N3O3.2CH4/c2*27-19-6-8-22-18(13-19)14-23(35-22)26(28,29)25(34)31-21(15-32-10-1-2-11-32)24(33)17-5-7-20-16(12-17)4-3-9-30-20;;/h2*3-9,12-14,21,24,33H,1-2,10-11,15H2,(H,31,34);2*1H4/t21-,24+;21-,24-;;/m11../s1. The number of carbonyl (C=O) groups excluding carboxylic acids is 2. The van der Waals surface area contributed by atoms with Gasteiger partial charge in [-0.2, -0.15) is 17.6 Å². The molecule has 0 unspecified atom stereocenters. The molecule has 18 heteroatoms. The number of aliphatic hydroxyl groups excluding tert-OH is 2. The maximum atomic E-state index is 15.2. The third kappa shape index (κ3) is 11.9. The van der Waals surface area contributed by atoms with Crippen LogP contribution in [0.5, 0.6) is 0 Å². The third-order valence-electron chi connectivity index (χ3n) is 12.8. The number of hydrogen-bond donors (Lipinski definition) is 4. The van der Waals surface area contributed by atoms with Crippen molar-refractivity contribution in [2.45, 2.75) is 76.7 Å². The molecule has 10 rings (SSSR count). The minimum atomic E-state index is -3.94. The van der Waals surface area contributed by atoms with Crippen LogP contribution in [0.3, 0.4) is 0 Å². The fraction of sp³-hybridized carbons (Fsp3) is 0.333. The van der Waals surface area contributed by atoms with Gasteiger partial charge in [-0.3, -0.25) is 19.6 Å². The van der Waals surface area contributed by atoms with Gasteiger partial charge in [-0.15, -0.1) is 0 Å². The smallest absolute Gasteiger partial charge is 0.380 e. The topological polar surface area (TPSA) is 157 Å². The van der Waals surface area contributed by atoms with E-state index in [9.17, 15) is 19.8 Å². The van der Waals surface area contributed by atoms with Gasteiger partial charge in [0.05, 0.1) is 23.1 Å². The molecule has 4 aromatic heterocycles. The maximum Gasteiger partial charge on any atom is 0.380 e. The van der Waals surface area contributed by atoms with Crippen molar-refractivity contribution in [3.8, 4) is 0 Å². The average Bonchev–Trinajstić information content (AvgIpc) is 4.22. The van der Waals surface area contributed by atoms with E-state index >= 15 is 17.6 Å². The molecule has 4 atom stereocenters. The highest BCUT2D eigenvalue weighted by atomic mass is 35.5. The lowest BCUT2D eigenvalue weighted by Gasteiger charge is -2.30. The van der Waals surface area contributed by atoms with Crippen molar-refractivity contribution in [2.75, 3.05) is 39.3 Å². The number of furan rings is 2. The van der Waals surface area contributed by atoms with Crippen LogP contribution < -0.4 is 10.6 Å². The van der Waals surface area contributed by atoms with Gasteiger partial charge in [0.1, 0.15) is 23.4 Å². The number of amides is 2. The Bertz CT molecular complexity index is 2950. The maximum absolute atomic E-state index is 15.2. The molecule has 2 fully saturated rings. The van der Waals surface area contributed by atoms with Crippen molar-refractivity contribution in [3.63, 3.8) is 0 Å². The molecule has 0 spiro atoms. The molecule has 4 N–H and O–H groups in total. The predicted octanol–water partition coefficient (Wildman–Crippen LogP) is 11.4. The Balaban J connectivity index is 0.000000206. The Morgan fingerprint density at radius 3 is 1.35 bits per heavy atom. The summed E-state index contributed by atoms with van der Waals surface area (Å²) in [6, 6.07) is 27.0. The summed E-state index contributed by atoms with van der Waals surface area (Å²) < 4.78 is 71.3. The number of pyridine rings is 2. The minimum Gasteiger partial charge on any atom is -0.454 e. The number of carbonyl (C=O) groups is 2. The first-order valence-electron chi connectivity index (χ1n) is 22.9. The lowest BCUT2D eigenvalue weighted by atomic mass is 9.99. The van der Waals surface area contributed by atoms with Gasteiger partial charge >= 0.3 is 11.8 Å². The molecule has 2 amide bonds. The van der Waals surface area contributed by atoms with Crippen molar-refractivity contribution in [1.82, 2.24) is 30.4 Å². The van der Waals surface area contributed by atoms with Crippen LogP contribution in [0.25, 0.3) is 43.7 Å². The van der Waals surface area contributed by atoms with E-state index in [2.05, 4.69) is 30.4 Å². The summed E-state index contributed by atoms with van der Waals surface area (Å²) in [4.78, 5) is 38.4. The first-order valence-corrected chi connectivity index (χ1v) is 23.6. The molecule has 12 nitrogen and oxygen atoms in total. The summed E-state index contributed by atoms with van der Waals surface area (Å²) in [5.41, 5.74) is 2.93. The van der Waals surface area contributed by atoms with Gasteiger partial charge in [-0.25, -0.2) is 0 Å². The molecular weight excluding hydrogens is 976 g/mol. The van der Waals surface area contributed by atoms with Crippen molar-refractivity contribution < 1.29 is 46.2 Å². The van der Waals surface area contributed by atoms with Crippen LogP contribution in [0.15, 0.2) is 130 Å². The molecule has 0 radical (unpaired) electrons. The molecule has 72 heavy (non-hydrogen) atoms. The van der Waals surface area contributed by atoms with Crippen LogP contribution >= 0.6 is 23.2 Å². The Labute approximate surface area is 423 Å². The molecule has 8 aromatic rings. The minimum absolute atomic E-state index is 0. The van der Waals surface area contributed by atoms with Crippen LogP contribution in [-0.2, 0) is 21.4 Å². The Morgan fingerprint density at radius 2 is 0.958 bits per heavy atom. The molecule has 6 heterocycles. The molecule has 380 valence electrons. The number of nitrogens with zero attached hydrogens (tertiary/aromatic N) is 4. The average molecular weight is 1030 g/mol. The van der Waals surface area contributed by atoms with Gasteiger partial charge in [0.25, 0.3) is 11.8 Å². The summed E-state index contributed by atoms with van der Waals surface area (Å²) in [5, 5.41) is 30.3. The molecule has 4 aromatic carbocycles. The van der Waals surface area contributed by atoms with Gasteiger partial charge in [0.15, 0.2) is 11.5 Å². The number of aliphatic hydroxyl groups is 2. The molecular formula is C54H56Cl2F4N6O6. The van der Waals surface area contributed by atoms with Crippen LogP contribution in [0.4, 0.5) is 17.6 Å². The van der Waals surface area contributed by atoms with E-state index < -0.39 is 59.5 Å². The lowest BCUT2D eigenvalue weighted by Crippen LogP contribution is -2.50. The van der Waals surface area contributed by atoms with E-state index in [1.165, 1.54) is 36.4 Å². The highest BCUT2D eigenvalue weighted by Gasteiger charge is 2.47. The molecule has 2 aliphatic heterocycles. The number of alkyl halides is 4. The molecule has 0 aliphatic carbocycles. The number of aromatic nitrogens is 2. The van der Waals surface area contributed by atoms with E-state index in [-0.39, 0.29) is 39.1 Å². The predicted molar refractivity (Wildman–Crippen MR) is 272 cm³/mol. The van der Waals surface area contributed by atoms with Crippen LogP contribution in [-0.4, -0.2) is 93.1 Å². The number of likely N-dealkylation sites (tertiary alicyclic amines) is 2. The number of rotatable bonds is 14. The largest absolute Gasteiger partial charge is 0.454 e. The first-order chi connectivity index (χ1) is 33.6. The van der Waals surface area contributed by atoms with E-state index in [4.69, 9.17) is 32.0 Å². The lowest BCUT2D eigenvalue weighted by molar-refractivity contribution is -0.151. The second-order valence-electron chi connectivity index (χ2n) is 17.7. The quantitative estimate of drug-likeness (QED) is 0.0773. The van der Waals surface area contributed by atoms with E-state index in [0.717, 1.165) is 85.8 Å².